The van der Waals surface area contributed by atoms with Gasteiger partial charge in [-0.25, -0.2) is 9.97 Å². The lowest BCUT2D eigenvalue weighted by Crippen LogP contribution is -2.15. The molecule has 0 saturated heterocycles. The molecule has 5 aromatic rings. The Hall–Kier alpha value is -2.80. The molecule has 172 valence electrons. The van der Waals surface area contributed by atoms with Crippen molar-refractivity contribution in [3.05, 3.63) is 87.6 Å². The molecule has 3 heterocycles. The van der Waals surface area contributed by atoms with Crippen LogP contribution in [-0.2, 0) is 0 Å². The maximum atomic E-state index is 8.90. The Kier molecular flexibility index (Phi) is 9.97. The van der Waals surface area contributed by atoms with Crippen LogP contribution < -0.4 is 5.73 Å². The van der Waals surface area contributed by atoms with Crippen molar-refractivity contribution >= 4 is 78.2 Å². The van der Waals surface area contributed by atoms with Crippen LogP contribution in [0.2, 0.25) is 0 Å². The molecular weight excluding hydrogens is 592 g/mol. The minimum atomic E-state index is 0. The van der Waals surface area contributed by atoms with Gasteiger partial charge in [0.05, 0.1) is 11.2 Å². The second-order valence-corrected chi connectivity index (χ2v) is 8.65. The third kappa shape index (κ3) is 7.63. The van der Waals surface area contributed by atoms with Crippen molar-refractivity contribution in [2.45, 2.75) is 7.43 Å². The molecule has 5 rings (SSSR count). The number of thiocarbonyl (C=S) groups is 1. The van der Waals surface area contributed by atoms with Crippen LogP contribution in [0.4, 0.5) is 5.69 Å². The number of hydrogen-bond donors (Lipinski definition) is 3. The second-order valence-electron chi connectivity index (χ2n) is 6.08. The molecule has 0 aliphatic heterocycles. The van der Waals surface area contributed by atoms with Crippen molar-refractivity contribution in [3.63, 3.8) is 0 Å². The van der Waals surface area contributed by atoms with Gasteiger partial charge in [-0.15, -0.1) is 0 Å². The lowest BCUT2D eigenvalue weighted by molar-refractivity contribution is 0.478. The van der Waals surface area contributed by atoms with E-state index in [2.05, 4.69) is 46.8 Å². The van der Waals surface area contributed by atoms with Crippen LogP contribution in [0.5, 0.6) is 5.75 Å². The van der Waals surface area contributed by atoms with E-state index in [0.717, 1.165) is 20.0 Å². The summed E-state index contributed by atoms with van der Waals surface area (Å²) in [6, 6.07) is 10.6. The summed E-state index contributed by atoms with van der Waals surface area (Å²) in [4.78, 5) is 11.1. The first kappa shape index (κ1) is 26.5. The molecule has 0 aliphatic rings. The van der Waals surface area contributed by atoms with Gasteiger partial charge in [-0.2, -0.15) is 0 Å². The number of hydrogen-bond acceptors (Lipinski definition) is 7. The van der Waals surface area contributed by atoms with E-state index in [1.807, 2.05) is 18.2 Å². The summed E-state index contributed by atoms with van der Waals surface area (Å²) in [7, 11) is 0. The number of anilines is 1. The number of fused-ring (bicyclic) bond motifs is 1. The summed E-state index contributed by atoms with van der Waals surface area (Å²) >= 11 is 16.5. The smallest absolute Gasteiger partial charge is 0.266 e. The Morgan fingerprint density at radius 2 is 1.58 bits per heavy atom. The Balaban J connectivity index is 0.000000174. The SMILES string of the molecule is C.Nc1cc(Br)ccc1O.S=C(n1ccnc1)n1ccnc1.S=c1[nH]c2cc(Br)ccc2o1. The fourth-order valence-electron chi connectivity index (χ4n) is 2.33. The average molecular weight is 612 g/mol. The first-order valence-electron chi connectivity index (χ1n) is 8.86. The highest BCUT2D eigenvalue weighted by atomic mass is 79.9. The summed E-state index contributed by atoms with van der Waals surface area (Å²) in [5.74, 6) is 0.123. The normalized spacial score (nSPS) is 9.76. The molecule has 0 bridgehead atoms. The predicted molar refractivity (Wildman–Crippen MR) is 144 cm³/mol. The highest BCUT2D eigenvalue weighted by molar-refractivity contribution is 9.10. The van der Waals surface area contributed by atoms with E-state index in [1.165, 1.54) is 0 Å². The maximum absolute atomic E-state index is 8.90. The molecular formula is C21H20Br2N6O2S2. The number of nitrogen functional groups attached to an aromatic ring is 1. The number of nitrogens with zero attached hydrogens (tertiary/aromatic N) is 4. The monoisotopic (exact) mass is 610 g/mol. The number of nitrogens with one attached hydrogen (secondary N) is 1. The fourth-order valence-corrected chi connectivity index (χ4v) is 3.48. The molecule has 12 heteroatoms. The third-order valence-corrected chi connectivity index (χ3v) is 5.41. The molecule has 0 atom stereocenters. The van der Waals surface area contributed by atoms with Crippen molar-refractivity contribution in [2.75, 3.05) is 5.73 Å². The number of rotatable bonds is 0. The van der Waals surface area contributed by atoms with Crippen LogP contribution >= 0.6 is 56.3 Å². The number of oxazole rings is 1. The number of aromatic nitrogens is 5. The van der Waals surface area contributed by atoms with E-state index in [9.17, 15) is 0 Å². The average Bonchev–Trinajstić information content (AvgIpc) is 3.52. The van der Waals surface area contributed by atoms with Crippen LogP contribution in [-0.4, -0.2) is 34.3 Å². The molecule has 33 heavy (non-hydrogen) atoms. The molecule has 0 spiro atoms. The molecule has 0 unspecified atom stereocenters. The zero-order chi connectivity index (χ0) is 23.1. The van der Waals surface area contributed by atoms with Crippen LogP contribution in [0.25, 0.3) is 11.1 Å². The summed E-state index contributed by atoms with van der Waals surface area (Å²) in [6.45, 7) is 0. The van der Waals surface area contributed by atoms with Crippen molar-refractivity contribution in [2.24, 2.45) is 0 Å². The van der Waals surface area contributed by atoms with Gasteiger partial charge in [0.15, 0.2) is 10.7 Å². The molecule has 0 fully saturated rings. The molecule has 0 saturated carbocycles. The van der Waals surface area contributed by atoms with Gasteiger partial charge < -0.3 is 20.2 Å². The standard InChI is InChI=1S/C7H4BrNOS.C7H6N4S.C6H6BrNO.CH4/c8-4-1-2-6-5(3-4)9-7(11)10-6;12-7(10-3-1-8-5-10)11-4-2-9-6-11;7-4-1-2-6(9)5(8)3-4;/h1-3H,(H,9,11);1-6H;1-3,9H,8H2;1H4. The van der Waals surface area contributed by atoms with E-state index < -0.39 is 0 Å². The number of halogens is 2. The molecule has 2 aromatic carbocycles. The third-order valence-electron chi connectivity index (χ3n) is 3.82. The number of phenolic OH excluding ortho intramolecular Hbond substituents is 1. The van der Waals surface area contributed by atoms with Gasteiger partial charge in [0.2, 0.25) is 0 Å². The quantitative estimate of drug-likeness (QED) is 0.106. The lowest BCUT2D eigenvalue weighted by Gasteiger charge is -2.02. The fraction of sp³-hybridized carbons (Fsp3) is 0.0476. The minimum Gasteiger partial charge on any atom is -0.506 e. The maximum Gasteiger partial charge on any atom is 0.266 e. The highest BCUT2D eigenvalue weighted by Gasteiger charge is 1.99. The summed E-state index contributed by atoms with van der Waals surface area (Å²) < 4.78 is 10.5. The number of H-pyrrole nitrogens is 1. The first-order valence-corrected chi connectivity index (χ1v) is 11.3. The number of aromatic hydroxyl groups is 1. The summed E-state index contributed by atoms with van der Waals surface area (Å²) in [5.41, 5.74) is 7.44. The van der Waals surface area contributed by atoms with Gasteiger partial charge in [-0.05, 0) is 60.8 Å². The zero-order valence-electron chi connectivity index (χ0n) is 16.2. The van der Waals surface area contributed by atoms with Gasteiger partial charge in [-0.3, -0.25) is 9.13 Å². The lowest BCUT2D eigenvalue weighted by atomic mass is 10.3. The van der Waals surface area contributed by atoms with Gasteiger partial charge in [0.25, 0.3) is 4.84 Å². The summed E-state index contributed by atoms with van der Waals surface area (Å²) in [5, 5.41) is 9.54. The van der Waals surface area contributed by atoms with Crippen molar-refractivity contribution < 1.29 is 9.52 Å². The van der Waals surface area contributed by atoms with Crippen molar-refractivity contribution in [1.82, 2.24) is 24.1 Å². The van der Waals surface area contributed by atoms with E-state index in [4.69, 9.17) is 39.7 Å². The van der Waals surface area contributed by atoms with E-state index in [-0.39, 0.29) is 13.2 Å². The highest BCUT2D eigenvalue weighted by Crippen LogP contribution is 2.23. The van der Waals surface area contributed by atoms with Gasteiger partial charge in [-0.1, -0.05) is 39.3 Å². The van der Waals surface area contributed by atoms with Crippen LogP contribution in [0.1, 0.15) is 7.43 Å². The first-order chi connectivity index (χ1) is 15.3. The molecule has 8 nitrogen and oxygen atoms in total. The topological polar surface area (TPSA) is 111 Å². The van der Waals surface area contributed by atoms with Crippen molar-refractivity contribution in [1.29, 1.82) is 0 Å². The Bertz CT molecular complexity index is 1330. The number of nitrogens with two attached hydrogens (primary N) is 1. The molecule has 3 aromatic heterocycles. The summed E-state index contributed by atoms with van der Waals surface area (Å²) in [6.07, 6.45) is 10.3. The number of benzene rings is 2. The van der Waals surface area contributed by atoms with Gasteiger partial charge in [0.1, 0.15) is 18.4 Å². The molecule has 0 amide bonds. The number of aromatic amines is 1. The van der Waals surface area contributed by atoms with Gasteiger partial charge >= 0.3 is 0 Å². The van der Waals surface area contributed by atoms with Crippen LogP contribution in [0.3, 0.4) is 0 Å². The van der Waals surface area contributed by atoms with Crippen molar-refractivity contribution in [3.8, 4) is 5.75 Å². The Morgan fingerprint density at radius 1 is 1.00 bits per heavy atom. The van der Waals surface area contributed by atoms with E-state index in [1.54, 1.807) is 64.8 Å². The molecule has 4 N–H and O–H groups in total. The van der Waals surface area contributed by atoms with Gasteiger partial charge in [0, 0.05) is 33.7 Å². The van der Waals surface area contributed by atoms with E-state index >= 15 is 0 Å². The largest absolute Gasteiger partial charge is 0.506 e. The Morgan fingerprint density at radius 3 is 2.09 bits per heavy atom. The molecule has 0 aliphatic carbocycles. The second kappa shape index (κ2) is 12.4. The van der Waals surface area contributed by atoms with Crippen LogP contribution in [0, 0.1) is 4.84 Å². The zero-order valence-corrected chi connectivity index (χ0v) is 21.0. The minimum absolute atomic E-state index is 0. The van der Waals surface area contributed by atoms with Crippen LogP contribution in [0.15, 0.2) is 87.2 Å². The number of phenols is 1. The molecule has 0 radical (unpaired) electrons. The Labute approximate surface area is 217 Å². The number of imidazole rings is 2. The predicted octanol–water partition coefficient (Wildman–Crippen LogP) is 6.39. The van der Waals surface area contributed by atoms with E-state index in [0.29, 0.717) is 15.6 Å².